The zero-order valence-electron chi connectivity index (χ0n) is 17.4. The van der Waals surface area contributed by atoms with Crippen LogP contribution in [0.5, 0.6) is 5.75 Å². The van der Waals surface area contributed by atoms with Gasteiger partial charge in [0.2, 0.25) is 5.91 Å². The van der Waals surface area contributed by atoms with Gasteiger partial charge in [-0.2, -0.15) is 8.42 Å². The molecule has 2 fully saturated rings. The molecule has 2 aromatic rings. The summed E-state index contributed by atoms with van der Waals surface area (Å²) in [7, 11) is -4.02. The average molecular weight is 489 g/mol. The Hall–Kier alpha value is -3.15. The van der Waals surface area contributed by atoms with Crippen molar-refractivity contribution in [3.05, 3.63) is 65.1 Å². The lowest BCUT2D eigenvalue weighted by molar-refractivity contribution is -0.139. The van der Waals surface area contributed by atoms with Crippen LogP contribution in [0.15, 0.2) is 64.4 Å². The van der Waals surface area contributed by atoms with Crippen LogP contribution in [-0.2, 0) is 24.4 Å². The van der Waals surface area contributed by atoms with Gasteiger partial charge in [-0.25, -0.2) is 0 Å². The molecule has 0 atom stereocenters. The molecule has 0 bridgehead atoms. The van der Waals surface area contributed by atoms with Gasteiger partial charge in [0.25, 0.3) is 11.1 Å². The molecule has 2 saturated heterocycles. The van der Waals surface area contributed by atoms with Crippen molar-refractivity contribution in [2.75, 3.05) is 32.8 Å². The predicted molar refractivity (Wildman–Crippen MR) is 121 cm³/mol. The van der Waals surface area contributed by atoms with Gasteiger partial charge in [0.15, 0.2) is 0 Å². The van der Waals surface area contributed by atoms with E-state index in [4.69, 9.17) is 8.92 Å². The van der Waals surface area contributed by atoms with E-state index in [0.29, 0.717) is 31.9 Å². The molecule has 2 aromatic carbocycles. The smallest absolute Gasteiger partial charge is 0.339 e. The van der Waals surface area contributed by atoms with E-state index in [0.717, 1.165) is 16.7 Å². The van der Waals surface area contributed by atoms with Crippen LogP contribution in [0.25, 0.3) is 6.08 Å². The summed E-state index contributed by atoms with van der Waals surface area (Å²) in [5.74, 6) is -0.826. The van der Waals surface area contributed by atoms with Gasteiger partial charge in [-0.15, -0.1) is 0 Å². The van der Waals surface area contributed by atoms with E-state index in [2.05, 4.69) is 0 Å². The number of imide groups is 1. The molecule has 11 heteroatoms. The third-order valence-electron chi connectivity index (χ3n) is 4.92. The second-order valence-corrected chi connectivity index (χ2v) is 9.72. The fraction of sp³-hybridized carbons (Fsp3) is 0.227. The first-order chi connectivity index (χ1) is 15.8. The third-order valence-corrected chi connectivity index (χ3v) is 7.09. The molecule has 2 aliphatic heterocycles. The molecule has 172 valence electrons. The van der Waals surface area contributed by atoms with Gasteiger partial charge in [0, 0.05) is 13.1 Å². The lowest BCUT2D eigenvalue weighted by Gasteiger charge is -2.28. The second kappa shape index (κ2) is 9.77. The molecule has 0 N–H and O–H groups in total. The maximum Gasteiger partial charge on any atom is 0.339 e. The number of rotatable bonds is 6. The maximum atomic E-state index is 12.7. The summed E-state index contributed by atoms with van der Waals surface area (Å²) in [6, 6.07) is 13.9. The molecule has 4 rings (SSSR count). The Kier molecular flexibility index (Phi) is 6.82. The van der Waals surface area contributed by atoms with Crippen molar-refractivity contribution >= 4 is 45.0 Å². The number of amides is 3. The summed E-state index contributed by atoms with van der Waals surface area (Å²) >= 11 is 0.725. The number of carbonyl (C=O) groups is 3. The zero-order valence-corrected chi connectivity index (χ0v) is 19.0. The van der Waals surface area contributed by atoms with Crippen molar-refractivity contribution in [2.45, 2.75) is 4.90 Å². The highest BCUT2D eigenvalue weighted by Crippen LogP contribution is 2.33. The van der Waals surface area contributed by atoms with Gasteiger partial charge in [-0.1, -0.05) is 30.3 Å². The standard InChI is InChI=1S/C22H20N2O7S2/c25-20(23-9-11-30-12-10-23)15-24-21(26)19(32-22(24)27)14-16-5-4-6-17(13-16)31-33(28,29)18-7-2-1-3-8-18/h1-8,13-14H,9-12,15H2/b19-14-. The summed E-state index contributed by atoms with van der Waals surface area (Å²) < 4.78 is 35.3. The number of hydrogen-bond donors (Lipinski definition) is 0. The lowest BCUT2D eigenvalue weighted by Crippen LogP contribution is -2.46. The van der Waals surface area contributed by atoms with Crippen LogP contribution in [-0.4, -0.2) is 68.1 Å². The van der Waals surface area contributed by atoms with Crippen LogP contribution < -0.4 is 4.18 Å². The van der Waals surface area contributed by atoms with Crippen molar-refractivity contribution in [1.82, 2.24) is 9.80 Å². The number of benzene rings is 2. The summed E-state index contributed by atoms with van der Waals surface area (Å²) in [5.41, 5.74) is 0.473. The van der Waals surface area contributed by atoms with Gasteiger partial charge >= 0.3 is 10.1 Å². The van der Waals surface area contributed by atoms with Crippen LogP contribution in [0.3, 0.4) is 0 Å². The SMILES string of the molecule is O=C(CN1C(=O)S/C(=C\c2cccc(OS(=O)(=O)c3ccccc3)c2)C1=O)N1CCOCC1. The molecule has 0 radical (unpaired) electrons. The van der Waals surface area contributed by atoms with E-state index in [-0.39, 0.29) is 28.0 Å². The van der Waals surface area contributed by atoms with Crippen LogP contribution in [0.1, 0.15) is 5.56 Å². The van der Waals surface area contributed by atoms with Crippen LogP contribution >= 0.6 is 11.8 Å². The van der Waals surface area contributed by atoms with Crippen molar-refractivity contribution in [3.8, 4) is 5.75 Å². The van der Waals surface area contributed by atoms with Crippen molar-refractivity contribution in [1.29, 1.82) is 0 Å². The highest BCUT2D eigenvalue weighted by Gasteiger charge is 2.37. The summed E-state index contributed by atoms with van der Waals surface area (Å²) in [6.07, 6.45) is 1.46. The molecule has 9 nitrogen and oxygen atoms in total. The van der Waals surface area contributed by atoms with Gasteiger partial charge < -0.3 is 13.8 Å². The van der Waals surface area contributed by atoms with E-state index in [1.807, 2.05) is 0 Å². The Morgan fingerprint density at radius 3 is 2.52 bits per heavy atom. The molecule has 3 amide bonds. The molecular weight excluding hydrogens is 468 g/mol. The summed E-state index contributed by atoms with van der Waals surface area (Å²) in [6.45, 7) is 1.35. The monoisotopic (exact) mass is 488 g/mol. The number of nitrogens with zero attached hydrogens (tertiary/aromatic N) is 2. The Bertz CT molecular complexity index is 1210. The summed E-state index contributed by atoms with van der Waals surface area (Å²) in [4.78, 5) is 40.1. The normalized spacial score (nSPS) is 18.1. The first kappa shape index (κ1) is 23.0. The Morgan fingerprint density at radius 2 is 1.79 bits per heavy atom. The van der Waals surface area contributed by atoms with Crippen LogP contribution in [0.2, 0.25) is 0 Å². The number of hydrogen-bond acceptors (Lipinski definition) is 8. The zero-order chi connectivity index (χ0) is 23.4. The molecule has 0 aromatic heterocycles. The molecule has 0 spiro atoms. The average Bonchev–Trinajstić information content (AvgIpc) is 3.07. The Morgan fingerprint density at radius 1 is 1.06 bits per heavy atom. The van der Waals surface area contributed by atoms with Gasteiger partial charge in [0.05, 0.1) is 18.1 Å². The highest BCUT2D eigenvalue weighted by atomic mass is 32.2. The predicted octanol–water partition coefficient (Wildman–Crippen LogP) is 2.35. The van der Waals surface area contributed by atoms with E-state index in [1.165, 1.54) is 30.3 Å². The first-order valence-electron chi connectivity index (χ1n) is 10.0. The van der Waals surface area contributed by atoms with E-state index < -0.39 is 21.3 Å². The largest absolute Gasteiger partial charge is 0.379 e. The first-order valence-corrected chi connectivity index (χ1v) is 12.3. The fourth-order valence-corrected chi connectivity index (χ4v) is 5.04. The number of ether oxygens (including phenoxy) is 1. The second-order valence-electron chi connectivity index (χ2n) is 7.18. The molecule has 0 aliphatic carbocycles. The lowest BCUT2D eigenvalue weighted by atomic mass is 10.2. The highest BCUT2D eigenvalue weighted by molar-refractivity contribution is 8.18. The van der Waals surface area contributed by atoms with Crippen molar-refractivity contribution in [3.63, 3.8) is 0 Å². The molecule has 2 aliphatic rings. The van der Waals surface area contributed by atoms with Crippen molar-refractivity contribution in [2.24, 2.45) is 0 Å². The Labute approximate surface area is 195 Å². The molecule has 33 heavy (non-hydrogen) atoms. The fourth-order valence-electron chi connectivity index (χ4n) is 3.25. The molecular formula is C22H20N2O7S2. The van der Waals surface area contributed by atoms with Crippen molar-refractivity contribution < 1.29 is 31.7 Å². The van der Waals surface area contributed by atoms with Gasteiger partial charge in [0.1, 0.15) is 17.2 Å². The quantitative estimate of drug-likeness (QED) is 0.450. The van der Waals surface area contributed by atoms with Crippen LogP contribution in [0, 0.1) is 0 Å². The number of carbonyl (C=O) groups excluding carboxylic acids is 3. The Balaban J connectivity index is 1.47. The molecule has 0 saturated carbocycles. The molecule has 2 heterocycles. The number of morpholine rings is 1. The van der Waals surface area contributed by atoms with Gasteiger partial charge in [-0.3, -0.25) is 19.3 Å². The van der Waals surface area contributed by atoms with E-state index in [1.54, 1.807) is 35.2 Å². The minimum atomic E-state index is -4.02. The minimum Gasteiger partial charge on any atom is -0.379 e. The number of thioether (sulfide) groups is 1. The minimum absolute atomic E-state index is 0.0152. The van der Waals surface area contributed by atoms with E-state index >= 15 is 0 Å². The maximum absolute atomic E-state index is 12.7. The third kappa shape index (κ3) is 5.44. The topological polar surface area (TPSA) is 110 Å². The molecule has 0 unspecified atom stereocenters. The van der Waals surface area contributed by atoms with Gasteiger partial charge in [-0.05, 0) is 47.7 Å². The van der Waals surface area contributed by atoms with Crippen LogP contribution in [0.4, 0.5) is 4.79 Å². The van der Waals surface area contributed by atoms with E-state index in [9.17, 15) is 22.8 Å². The summed E-state index contributed by atoms with van der Waals surface area (Å²) in [5, 5.41) is -0.535.